The number of rotatable bonds is 2. The molecule has 0 radical (unpaired) electrons. The van der Waals surface area contributed by atoms with Gasteiger partial charge < -0.3 is 15.8 Å². The fourth-order valence-electron chi connectivity index (χ4n) is 2.97. The van der Waals surface area contributed by atoms with Crippen LogP contribution in [0.3, 0.4) is 0 Å². The lowest BCUT2D eigenvalue weighted by molar-refractivity contribution is 0.475. The van der Waals surface area contributed by atoms with E-state index >= 15 is 0 Å². The lowest BCUT2D eigenvalue weighted by atomic mass is 9.98. The van der Waals surface area contributed by atoms with Crippen LogP contribution in [0.2, 0.25) is 0 Å². The number of H-pyrrole nitrogens is 1. The first-order valence-corrected chi connectivity index (χ1v) is 7.74. The van der Waals surface area contributed by atoms with Crippen molar-refractivity contribution in [1.82, 2.24) is 9.97 Å². The Morgan fingerprint density at radius 2 is 1.80 bits per heavy atom. The fraction of sp³-hybridized carbons (Fsp3) is 0. The first-order valence-electron chi connectivity index (χ1n) is 7.74. The topological polar surface area (TPSA) is 98.7 Å². The molecule has 5 heteroatoms. The largest absolute Gasteiger partial charge is 0.508 e. The van der Waals surface area contributed by atoms with Crippen molar-refractivity contribution in [2.24, 2.45) is 0 Å². The van der Waals surface area contributed by atoms with Gasteiger partial charge in [0.1, 0.15) is 23.2 Å². The lowest BCUT2D eigenvalue weighted by Crippen LogP contribution is -1.99. The van der Waals surface area contributed by atoms with E-state index < -0.39 is 0 Å². The molecule has 4 aromatic rings. The van der Waals surface area contributed by atoms with Crippen molar-refractivity contribution in [3.05, 3.63) is 66.4 Å². The molecule has 0 saturated carbocycles. The standard InChI is InChI=1S/C20H14N4O/c21-10-16-15(17-11-23-18-4-2-1-3-14(17)18)9-19(24-20(16)22)12-5-7-13(25)8-6-12/h1-9,11,23,25H,(H2,22,24). The highest BCUT2D eigenvalue weighted by atomic mass is 16.3. The van der Waals surface area contributed by atoms with E-state index in [4.69, 9.17) is 5.73 Å². The van der Waals surface area contributed by atoms with Gasteiger partial charge in [0.2, 0.25) is 0 Å². The number of phenolic OH excluding ortho intramolecular Hbond substituents is 1. The second kappa shape index (κ2) is 5.69. The Balaban J connectivity index is 1.98. The quantitative estimate of drug-likeness (QED) is 0.517. The minimum atomic E-state index is 0.183. The zero-order valence-electron chi connectivity index (χ0n) is 13.2. The highest BCUT2D eigenvalue weighted by Gasteiger charge is 2.16. The third kappa shape index (κ3) is 2.46. The second-order valence-corrected chi connectivity index (χ2v) is 5.72. The summed E-state index contributed by atoms with van der Waals surface area (Å²) in [4.78, 5) is 7.58. The number of nitriles is 1. The highest BCUT2D eigenvalue weighted by molar-refractivity contribution is 5.98. The molecule has 0 aliphatic heterocycles. The van der Waals surface area contributed by atoms with E-state index in [1.165, 1.54) is 0 Å². The van der Waals surface area contributed by atoms with Crippen LogP contribution in [0.1, 0.15) is 5.56 Å². The number of anilines is 1. The van der Waals surface area contributed by atoms with Crippen LogP contribution in [-0.2, 0) is 0 Å². The molecule has 0 spiro atoms. The number of phenols is 1. The van der Waals surface area contributed by atoms with Gasteiger partial charge >= 0.3 is 0 Å². The van der Waals surface area contributed by atoms with Crippen LogP contribution in [0.15, 0.2) is 60.8 Å². The van der Waals surface area contributed by atoms with Crippen molar-refractivity contribution in [1.29, 1.82) is 5.26 Å². The molecule has 2 aromatic heterocycles. The van der Waals surface area contributed by atoms with E-state index in [1.807, 2.05) is 36.5 Å². The number of nitrogens with zero attached hydrogens (tertiary/aromatic N) is 2. The maximum Gasteiger partial charge on any atom is 0.142 e. The molecule has 0 bridgehead atoms. The Bertz CT molecular complexity index is 1120. The molecule has 0 unspecified atom stereocenters. The third-order valence-electron chi connectivity index (χ3n) is 4.20. The van der Waals surface area contributed by atoms with Crippen LogP contribution in [0.25, 0.3) is 33.3 Å². The molecular weight excluding hydrogens is 312 g/mol. The number of nitrogens with one attached hydrogen (secondary N) is 1. The molecule has 2 aromatic carbocycles. The summed E-state index contributed by atoms with van der Waals surface area (Å²) in [5.41, 5.74) is 10.5. The summed E-state index contributed by atoms with van der Waals surface area (Å²) in [7, 11) is 0. The smallest absolute Gasteiger partial charge is 0.142 e. The SMILES string of the molecule is N#Cc1c(-c2c[nH]c3ccccc23)cc(-c2ccc(O)cc2)nc1N. The number of hydrogen-bond acceptors (Lipinski definition) is 4. The zero-order chi connectivity index (χ0) is 17.4. The monoisotopic (exact) mass is 326 g/mol. The third-order valence-corrected chi connectivity index (χ3v) is 4.20. The van der Waals surface area contributed by atoms with E-state index in [2.05, 4.69) is 16.0 Å². The average molecular weight is 326 g/mol. The molecule has 0 saturated heterocycles. The number of benzene rings is 2. The van der Waals surface area contributed by atoms with Crippen molar-refractivity contribution in [2.45, 2.75) is 0 Å². The number of nitrogens with two attached hydrogens (primary N) is 1. The number of nitrogen functional groups attached to an aromatic ring is 1. The minimum absolute atomic E-state index is 0.183. The summed E-state index contributed by atoms with van der Waals surface area (Å²) >= 11 is 0. The summed E-state index contributed by atoms with van der Waals surface area (Å²) in [5, 5.41) is 20.0. The van der Waals surface area contributed by atoms with E-state index in [0.29, 0.717) is 11.3 Å². The Morgan fingerprint density at radius 1 is 1.04 bits per heavy atom. The normalized spacial score (nSPS) is 10.7. The van der Waals surface area contributed by atoms with Gasteiger partial charge in [0, 0.05) is 33.8 Å². The summed E-state index contributed by atoms with van der Waals surface area (Å²) in [6, 6.07) is 18.6. The predicted octanol–water partition coefficient (Wildman–Crippen LogP) is 4.06. The molecule has 0 atom stereocenters. The molecule has 0 amide bonds. The maximum atomic E-state index is 9.55. The van der Waals surface area contributed by atoms with Gasteiger partial charge in [-0.2, -0.15) is 5.26 Å². The van der Waals surface area contributed by atoms with Crippen molar-refractivity contribution in [3.8, 4) is 34.2 Å². The lowest BCUT2D eigenvalue weighted by Gasteiger charge is -2.10. The van der Waals surface area contributed by atoms with E-state index in [9.17, 15) is 10.4 Å². The molecule has 2 heterocycles. The fourth-order valence-corrected chi connectivity index (χ4v) is 2.97. The van der Waals surface area contributed by atoms with Crippen molar-refractivity contribution < 1.29 is 5.11 Å². The minimum Gasteiger partial charge on any atom is -0.508 e. The second-order valence-electron chi connectivity index (χ2n) is 5.72. The number of pyridine rings is 1. The number of aromatic amines is 1. The summed E-state index contributed by atoms with van der Waals surface area (Å²) in [5.74, 6) is 0.371. The molecule has 5 nitrogen and oxygen atoms in total. The number of fused-ring (bicyclic) bond motifs is 1. The van der Waals surface area contributed by atoms with Gasteiger partial charge in [-0.15, -0.1) is 0 Å². The Hall–Kier alpha value is -3.78. The first kappa shape index (κ1) is 14.8. The van der Waals surface area contributed by atoms with Gasteiger partial charge in [-0.1, -0.05) is 18.2 Å². The van der Waals surface area contributed by atoms with Gasteiger partial charge in [0.15, 0.2) is 0 Å². The van der Waals surface area contributed by atoms with Gasteiger partial charge in [-0.25, -0.2) is 4.98 Å². The van der Waals surface area contributed by atoms with E-state index in [-0.39, 0.29) is 11.6 Å². The van der Waals surface area contributed by atoms with Crippen LogP contribution >= 0.6 is 0 Å². The number of aromatic hydroxyl groups is 1. The van der Waals surface area contributed by atoms with Gasteiger partial charge in [0.05, 0.1) is 5.69 Å². The number of aromatic nitrogens is 2. The molecule has 4 rings (SSSR count). The van der Waals surface area contributed by atoms with Crippen LogP contribution in [0.5, 0.6) is 5.75 Å². The van der Waals surface area contributed by atoms with Crippen molar-refractivity contribution in [3.63, 3.8) is 0 Å². The van der Waals surface area contributed by atoms with Crippen LogP contribution in [0, 0.1) is 11.3 Å². The number of para-hydroxylation sites is 1. The molecule has 0 aliphatic carbocycles. The summed E-state index contributed by atoms with van der Waals surface area (Å²) in [6.45, 7) is 0. The van der Waals surface area contributed by atoms with Crippen LogP contribution in [0.4, 0.5) is 5.82 Å². The zero-order valence-corrected chi connectivity index (χ0v) is 13.2. The van der Waals surface area contributed by atoms with Gasteiger partial charge in [-0.3, -0.25) is 0 Å². The molecule has 25 heavy (non-hydrogen) atoms. The Kier molecular flexibility index (Phi) is 3.37. The average Bonchev–Trinajstić information content (AvgIpc) is 3.05. The van der Waals surface area contributed by atoms with Crippen molar-refractivity contribution in [2.75, 3.05) is 5.73 Å². The van der Waals surface area contributed by atoms with Crippen LogP contribution < -0.4 is 5.73 Å². The highest BCUT2D eigenvalue weighted by Crippen LogP contribution is 2.35. The maximum absolute atomic E-state index is 9.55. The van der Waals surface area contributed by atoms with Crippen LogP contribution in [-0.4, -0.2) is 15.1 Å². The summed E-state index contributed by atoms with van der Waals surface area (Å²) < 4.78 is 0. The molecule has 4 N–H and O–H groups in total. The molecule has 0 aliphatic rings. The van der Waals surface area contributed by atoms with Gasteiger partial charge in [-0.05, 0) is 36.4 Å². The summed E-state index contributed by atoms with van der Waals surface area (Å²) in [6.07, 6.45) is 1.88. The predicted molar refractivity (Wildman–Crippen MR) is 97.8 cm³/mol. The Morgan fingerprint density at radius 3 is 2.56 bits per heavy atom. The van der Waals surface area contributed by atoms with E-state index in [0.717, 1.165) is 27.6 Å². The Labute approximate surface area is 144 Å². The van der Waals surface area contributed by atoms with Crippen molar-refractivity contribution >= 4 is 16.7 Å². The van der Waals surface area contributed by atoms with Gasteiger partial charge in [0.25, 0.3) is 0 Å². The first-order chi connectivity index (χ1) is 12.2. The number of hydrogen-bond donors (Lipinski definition) is 3. The van der Waals surface area contributed by atoms with E-state index in [1.54, 1.807) is 24.3 Å². The molecular formula is C20H14N4O. The molecule has 0 fully saturated rings. The molecule has 120 valence electrons.